The Bertz CT molecular complexity index is 670. The molecule has 2 aromatic carbocycles. The summed E-state index contributed by atoms with van der Waals surface area (Å²) >= 11 is 0. The van der Waals surface area contributed by atoms with Gasteiger partial charge in [-0.3, -0.25) is 4.79 Å². The van der Waals surface area contributed by atoms with Gasteiger partial charge in [-0.05, 0) is 30.9 Å². The molecule has 120 valence electrons. The van der Waals surface area contributed by atoms with Crippen LogP contribution in [0.1, 0.15) is 25.5 Å². The second-order valence-electron chi connectivity index (χ2n) is 5.59. The summed E-state index contributed by atoms with van der Waals surface area (Å²) in [5.41, 5.74) is 6.46. The van der Waals surface area contributed by atoms with Gasteiger partial charge in [0, 0.05) is 11.4 Å². The van der Waals surface area contributed by atoms with Crippen molar-refractivity contribution in [2.45, 2.75) is 19.9 Å². The summed E-state index contributed by atoms with van der Waals surface area (Å²) in [6.45, 7) is 3.59. The Kier molecular flexibility index (Phi) is 5.80. The molecule has 0 saturated heterocycles. The van der Waals surface area contributed by atoms with Crippen molar-refractivity contribution in [1.82, 2.24) is 0 Å². The number of esters is 1. The molecule has 2 N–H and O–H groups in total. The second kappa shape index (κ2) is 6.99. The van der Waals surface area contributed by atoms with Crippen molar-refractivity contribution in [2.24, 2.45) is 11.1 Å². The minimum Gasteiger partial charge on any atom is -0.496 e. The molecule has 4 nitrogen and oxygen atoms in total. The monoisotopic (exact) mass is 323 g/mol. The zero-order chi connectivity index (χ0) is 15.6. The molecule has 0 radical (unpaired) electrons. The SMILES string of the molecule is COC(=O)C(C)(C)[C@H](N)c1ccc(OC)c2ccccc12.Cl. The summed E-state index contributed by atoms with van der Waals surface area (Å²) < 4.78 is 10.3. The van der Waals surface area contributed by atoms with E-state index in [1.165, 1.54) is 7.11 Å². The summed E-state index contributed by atoms with van der Waals surface area (Å²) in [6, 6.07) is 11.2. The van der Waals surface area contributed by atoms with Gasteiger partial charge in [-0.1, -0.05) is 30.3 Å². The Balaban J connectivity index is 0.00000242. The van der Waals surface area contributed by atoms with Crippen molar-refractivity contribution in [2.75, 3.05) is 14.2 Å². The summed E-state index contributed by atoms with van der Waals surface area (Å²) in [5, 5.41) is 1.97. The number of methoxy groups -OCH3 is 2. The highest BCUT2D eigenvalue weighted by molar-refractivity contribution is 5.92. The van der Waals surface area contributed by atoms with E-state index >= 15 is 0 Å². The van der Waals surface area contributed by atoms with Crippen LogP contribution in [0.15, 0.2) is 36.4 Å². The zero-order valence-electron chi connectivity index (χ0n) is 13.3. The lowest BCUT2D eigenvalue weighted by Gasteiger charge is -2.30. The third-order valence-electron chi connectivity index (χ3n) is 3.96. The number of hydrogen-bond donors (Lipinski definition) is 1. The van der Waals surface area contributed by atoms with Crippen LogP contribution in [0.4, 0.5) is 0 Å². The van der Waals surface area contributed by atoms with Gasteiger partial charge >= 0.3 is 5.97 Å². The van der Waals surface area contributed by atoms with E-state index in [1.54, 1.807) is 21.0 Å². The van der Waals surface area contributed by atoms with E-state index in [9.17, 15) is 4.79 Å². The van der Waals surface area contributed by atoms with Crippen molar-refractivity contribution in [3.63, 3.8) is 0 Å². The van der Waals surface area contributed by atoms with Crippen LogP contribution in [0.2, 0.25) is 0 Å². The summed E-state index contributed by atoms with van der Waals surface area (Å²) in [5.74, 6) is 0.465. The van der Waals surface area contributed by atoms with E-state index in [4.69, 9.17) is 15.2 Å². The van der Waals surface area contributed by atoms with Gasteiger partial charge in [0.2, 0.25) is 0 Å². The lowest BCUT2D eigenvalue weighted by molar-refractivity contribution is -0.152. The van der Waals surface area contributed by atoms with Gasteiger partial charge in [0.1, 0.15) is 5.75 Å². The van der Waals surface area contributed by atoms with Crippen LogP contribution >= 0.6 is 12.4 Å². The van der Waals surface area contributed by atoms with Crippen molar-refractivity contribution >= 4 is 29.1 Å². The predicted molar refractivity (Wildman–Crippen MR) is 90.5 cm³/mol. The van der Waals surface area contributed by atoms with Crippen LogP contribution in [0.5, 0.6) is 5.75 Å². The van der Waals surface area contributed by atoms with Gasteiger partial charge in [-0.2, -0.15) is 0 Å². The number of carbonyl (C=O) groups excluding carboxylic acids is 1. The Morgan fingerprint density at radius 3 is 2.23 bits per heavy atom. The van der Waals surface area contributed by atoms with E-state index in [0.29, 0.717) is 0 Å². The number of hydrogen-bond acceptors (Lipinski definition) is 4. The van der Waals surface area contributed by atoms with Gasteiger partial charge in [0.05, 0.1) is 19.6 Å². The first kappa shape index (κ1) is 18.3. The molecule has 0 aliphatic heterocycles. The van der Waals surface area contributed by atoms with E-state index in [1.807, 2.05) is 36.4 Å². The Hall–Kier alpha value is -1.78. The number of ether oxygens (including phenoxy) is 2. The number of rotatable bonds is 4. The molecule has 1 atom stereocenters. The maximum atomic E-state index is 12.0. The lowest BCUT2D eigenvalue weighted by atomic mass is 9.79. The summed E-state index contributed by atoms with van der Waals surface area (Å²) in [7, 11) is 3.02. The van der Waals surface area contributed by atoms with Crippen LogP contribution in [0.3, 0.4) is 0 Å². The number of fused-ring (bicyclic) bond motifs is 1. The van der Waals surface area contributed by atoms with Crippen LogP contribution in [0, 0.1) is 5.41 Å². The molecule has 0 unspecified atom stereocenters. The molecule has 0 spiro atoms. The van der Waals surface area contributed by atoms with Gasteiger partial charge in [-0.15, -0.1) is 12.4 Å². The van der Waals surface area contributed by atoms with Crippen LogP contribution < -0.4 is 10.5 Å². The highest BCUT2D eigenvalue weighted by Crippen LogP contribution is 2.38. The molecule has 0 bridgehead atoms. The minimum absolute atomic E-state index is 0. The first-order valence-electron chi connectivity index (χ1n) is 6.83. The summed E-state index contributed by atoms with van der Waals surface area (Å²) in [6.07, 6.45) is 0. The quantitative estimate of drug-likeness (QED) is 0.875. The van der Waals surface area contributed by atoms with Crippen molar-refractivity contribution in [3.8, 4) is 5.75 Å². The smallest absolute Gasteiger partial charge is 0.313 e. The maximum Gasteiger partial charge on any atom is 0.313 e. The first-order chi connectivity index (χ1) is 9.93. The molecule has 2 rings (SSSR count). The minimum atomic E-state index is -0.813. The third kappa shape index (κ3) is 3.03. The molecular weight excluding hydrogens is 302 g/mol. The molecule has 0 heterocycles. The van der Waals surface area contributed by atoms with Crippen LogP contribution in [-0.2, 0) is 9.53 Å². The molecule has 0 aromatic heterocycles. The topological polar surface area (TPSA) is 61.5 Å². The van der Waals surface area contributed by atoms with E-state index in [0.717, 1.165) is 22.1 Å². The average Bonchev–Trinajstić information content (AvgIpc) is 2.52. The second-order valence-corrected chi connectivity index (χ2v) is 5.59. The number of halogens is 1. The first-order valence-corrected chi connectivity index (χ1v) is 6.83. The van der Waals surface area contributed by atoms with Crippen molar-refractivity contribution in [1.29, 1.82) is 0 Å². The third-order valence-corrected chi connectivity index (χ3v) is 3.96. The highest BCUT2D eigenvalue weighted by atomic mass is 35.5. The fourth-order valence-electron chi connectivity index (χ4n) is 2.52. The highest BCUT2D eigenvalue weighted by Gasteiger charge is 2.37. The Morgan fingerprint density at radius 1 is 1.09 bits per heavy atom. The number of benzene rings is 2. The van der Waals surface area contributed by atoms with Gasteiger partial charge in [-0.25, -0.2) is 0 Å². The lowest BCUT2D eigenvalue weighted by Crippen LogP contribution is -2.37. The predicted octanol–water partition coefficient (Wildman–Crippen LogP) is 3.47. The Morgan fingerprint density at radius 2 is 1.68 bits per heavy atom. The van der Waals surface area contributed by atoms with Crippen LogP contribution in [-0.4, -0.2) is 20.2 Å². The van der Waals surface area contributed by atoms with Crippen molar-refractivity contribution in [3.05, 3.63) is 42.0 Å². The standard InChI is InChI=1S/C17H21NO3.ClH/c1-17(2,16(19)21-4)15(18)13-9-10-14(20-3)12-8-6-5-7-11(12)13;/h5-10,15H,18H2,1-4H3;1H/t15-;/m1./s1. The van der Waals surface area contributed by atoms with E-state index in [2.05, 4.69) is 0 Å². The van der Waals surface area contributed by atoms with Gasteiger partial charge in [0.25, 0.3) is 0 Å². The molecule has 22 heavy (non-hydrogen) atoms. The normalized spacial score (nSPS) is 12.4. The number of carbonyl (C=O) groups is 1. The molecular formula is C17H22ClNO3. The molecule has 0 amide bonds. The average molecular weight is 324 g/mol. The molecule has 0 aliphatic rings. The Labute approximate surface area is 137 Å². The van der Waals surface area contributed by atoms with E-state index < -0.39 is 11.5 Å². The van der Waals surface area contributed by atoms with Gasteiger partial charge < -0.3 is 15.2 Å². The molecule has 0 aliphatic carbocycles. The molecule has 0 fully saturated rings. The van der Waals surface area contributed by atoms with Crippen molar-refractivity contribution < 1.29 is 14.3 Å². The van der Waals surface area contributed by atoms with E-state index in [-0.39, 0.29) is 18.4 Å². The summed E-state index contributed by atoms with van der Waals surface area (Å²) in [4.78, 5) is 12.0. The maximum absolute atomic E-state index is 12.0. The molecule has 0 saturated carbocycles. The fraction of sp³-hybridized carbons (Fsp3) is 0.353. The zero-order valence-corrected chi connectivity index (χ0v) is 14.1. The fourth-order valence-corrected chi connectivity index (χ4v) is 2.52. The molecule has 2 aromatic rings. The molecule has 5 heteroatoms. The van der Waals surface area contributed by atoms with Gasteiger partial charge in [0.15, 0.2) is 0 Å². The van der Waals surface area contributed by atoms with Crippen LogP contribution in [0.25, 0.3) is 10.8 Å². The largest absolute Gasteiger partial charge is 0.496 e. The number of nitrogens with two attached hydrogens (primary N) is 1.